The molecule has 2 aromatic rings. The highest BCUT2D eigenvalue weighted by Crippen LogP contribution is 2.16. The van der Waals surface area contributed by atoms with Crippen LogP contribution in [-0.4, -0.2) is 34.9 Å². The summed E-state index contributed by atoms with van der Waals surface area (Å²) in [5.74, 6) is 0.871. The van der Waals surface area contributed by atoms with Crippen LogP contribution >= 0.6 is 35.3 Å². The maximum Gasteiger partial charge on any atom is 0.191 e. The molecule has 0 amide bonds. The predicted molar refractivity (Wildman–Crippen MR) is 109 cm³/mol. The smallest absolute Gasteiger partial charge is 0.191 e. The Balaban J connectivity index is 0.00000264. The molecule has 0 fully saturated rings. The Hall–Kier alpha value is -1.09. The third kappa shape index (κ3) is 7.34. The second kappa shape index (κ2) is 10.6. The molecule has 5 nitrogen and oxygen atoms in total. The van der Waals surface area contributed by atoms with E-state index in [1.54, 1.807) is 6.20 Å². The second-order valence-electron chi connectivity index (χ2n) is 5.29. The molecule has 2 heterocycles. The van der Waals surface area contributed by atoms with Gasteiger partial charge in [0.25, 0.3) is 0 Å². The molecule has 2 N–H and O–H groups in total. The minimum Gasteiger partial charge on any atom is -0.357 e. The normalized spacial score (nSPS) is 12.6. The van der Waals surface area contributed by atoms with E-state index < -0.39 is 0 Å². The molecule has 0 aliphatic heterocycles. The van der Waals surface area contributed by atoms with Crippen LogP contribution in [0, 0.1) is 6.92 Å². The molecular weight excluding hydrogens is 421 g/mol. The monoisotopic (exact) mass is 447 g/mol. The zero-order valence-corrected chi connectivity index (χ0v) is 17.1. The number of halogens is 1. The molecule has 0 aromatic carbocycles. The molecule has 0 saturated carbocycles. The highest BCUT2D eigenvalue weighted by molar-refractivity contribution is 14.0. The van der Waals surface area contributed by atoms with E-state index in [4.69, 9.17) is 0 Å². The fraction of sp³-hybridized carbons (Fsp3) is 0.500. The largest absolute Gasteiger partial charge is 0.357 e. The van der Waals surface area contributed by atoms with E-state index in [-0.39, 0.29) is 24.0 Å². The maximum absolute atomic E-state index is 4.61. The Morgan fingerprint density at radius 3 is 2.87 bits per heavy atom. The minimum absolute atomic E-state index is 0. The fourth-order valence-electron chi connectivity index (χ4n) is 2.20. The molecule has 0 saturated heterocycles. The van der Waals surface area contributed by atoms with Gasteiger partial charge in [0.15, 0.2) is 5.96 Å². The number of hydrogen-bond acceptors (Lipinski definition) is 3. The lowest BCUT2D eigenvalue weighted by Crippen LogP contribution is -2.43. The maximum atomic E-state index is 4.61. The van der Waals surface area contributed by atoms with Gasteiger partial charge < -0.3 is 10.6 Å². The molecule has 7 heteroatoms. The van der Waals surface area contributed by atoms with Crippen molar-refractivity contribution in [2.45, 2.75) is 39.8 Å². The first-order valence-corrected chi connectivity index (χ1v) is 8.56. The van der Waals surface area contributed by atoms with Crippen molar-refractivity contribution < 1.29 is 0 Å². The third-order valence-corrected chi connectivity index (χ3v) is 4.21. The van der Waals surface area contributed by atoms with Gasteiger partial charge in [0, 0.05) is 41.2 Å². The molecule has 128 valence electrons. The Labute approximate surface area is 159 Å². The number of nitrogens with one attached hydrogen (secondary N) is 2. The molecule has 23 heavy (non-hydrogen) atoms. The van der Waals surface area contributed by atoms with Crippen LogP contribution in [0.5, 0.6) is 0 Å². The lowest BCUT2D eigenvalue weighted by Gasteiger charge is -2.17. The first-order chi connectivity index (χ1) is 10.7. The van der Waals surface area contributed by atoms with E-state index in [0.717, 1.165) is 25.5 Å². The van der Waals surface area contributed by atoms with E-state index in [9.17, 15) is 0 Å². The Morgan fingerprint density at radius 1 is 1.43 bits per heavy atom. The minimum atomic E-state index is 0. The lowest BCUT2D eigenvalue weighted by molar-refractivity contribution is 0.612. The average molecular weight is 447 g/mol. The van der Waals surface area contributed by atoms with Gasteiger partial charge in [0.1, 0.15) is 0 Å². The SMILES string of the molecule is CCNC(=NCCn1cccn1)NC(C)Cc1ccc(C)s1.I. The summed E-state index contributed by atoms with van der Waals surface area (Å²) in [5.41, 5.74) is 0. The zero-order chi connectivity index (χ0) is 15.8. The molecule has 0 aliphatic carbocycles. The molecule has 1 unspecified atom stereocenters. The van der Waals surface area contributed by atoms with Gasteiger partial charge in [-0.1, -0.05) is 0 Å². The van der Waals surface area contributed by atoms with Crippen LogP contribution in [0.4, 0.5) is 0 Å². The molecule has 0 aliphatic rings. The Morgan fingerprint density at radius 2 is 2.26 bits per heavy atom. The van der Waals surface area contributed by atoms with Gasteiger partial charge in [-0.15, -0.1) is 35.3 Å². The summed E-state index contributed by atoms with van der Waals surface area (Å²) in [6.07, 6.45) is 4.76. The molecule has 0 spiro atoms. The summed E-state index contributed by atoms with van der Waals surface area (Å²) in [7, 11) is 0. The number of aryl methyl sites for hydroxylation is 1. The van der Waals surface area contributed by atoms with Gasteiger partial charge in [-0.2, -0.15) is 5.10 Å². The van der Waals surface area contributed by atoms with Crippen molar-refractivity contribution in [3.05, 3.63) is 40.3 Å². The van der Waals surface area contributed by atoms with Gasteiger partial charge in [-0.05, 0) is 39.0 Å². The second-order valence-corrected chi connectivity index (χ2v) is 6.66. The van der Waals surface area contributed by atoms with Crippen LogP contribution < -0.4 is 10.6 Å². The summed E-state index contributed by atoms with van der Waals surface area (Å²) in [6.45, 7) is 8.78. The van der Waals surface area contributed by atoms with Crippen LogP contribution in [0.1, 0.15) is 23.6 Å². The number of hydrogen-bond donors (Lipinski definition) is 2. The number of aliphatic imine (C=N–C) groups is 1. The topological polar surface area (TPSA) is 54.2 Å². The summed E-state index contributed by atoms with van der Waals surface area (Å²) in [6, 6.07) is 6.66. The fourth-order valence-corrected chi connectivity index (χ4v) is 3.22. The van der Waals surface area contributed by atoms with Crippen molar-refractivity contribution in [2.24, 2.45) is 4.99 Å². The van der Waals surface area contributed by atoms with E-state index in [1.807, 2.05) is 28.3 Å². The van der Waals surface area contributed by atoms with Crippen LogP contribution in [0.2, 0.25) is 0 Å². The summed E-state index contributed by atoms with van der Waals surface area (Å²) >= 11 is 1.86. The first kappa shape index (κ1) is 20.0. The molecule has 2 rings (SSSR count). The summed E-state index contributed by atoms with van der Waals surface area (Å²) < 4.78 is 1.89. The average Bonchev–Trinajstić information content (AvgIpc) is 3.11. The Kier molecular flexibility index (Phi) is 9.23. The number of thiophene rings is 1. The molecule has 0 radical (unpaired) electrons. The van der Waals surface area contributed by atoms with Crippen LogP contribution in [0.15, 0.2) is 35.6 Å². The van der Waals surface area contributed by atoms with Gasteiger partial charge in [-0.3, -0.25) is 9.67 Å². The van der Waals surface area contributed by atoms with Crippen molar-refractivity contribution in [1.29, 1.82) is 0 Å². The highest BCUT2D eigenvalue weighted by atomic mass is 127. The van der Waals surface area contributed by atoms with Crippen molar-refractivity contribution in [3.8, 4) is 0 Å². The zero-order valence-electron chi connectivity index (χ0n) is 14.0. The number of rotatable bonds is 7. The molecular formula is C16H26IN5S. The van der Waals surface area contributed by atoms with Crippen molar-refractivity contribution in [1.82, 2.24) is 20.4 Å². The van der Waals surface area contributed by atoms with E-state index in [0.29, 0.717) is 12.6 Å². The predicted octanol–water partition coefficient (Wildman–Crippen LogP) is 3.06. The van der Waals surface area contributed by atoms with Crippen molar-refractivity contribution >= 4 is 41.3 Å². The van der Waals surface area contributed by atoms with Gasteiger partial charge in [0.2, 0.25) is 0 Å². The van der Waals surface area contributed by atoms with Gasteiger partial charge >= 0.3 is 0 Å². The number of guanidine groups is 1. The van der Waals surface area contributed by atoms with E-state index in [1.165, 1.54) is 9.75 Å². The molecule has 0 bridgehead atoms. The van der Waals surface area contributed by atoms with Gasteiger partial charge in [0.05, 0.1) is 13.1 Å². The van der Waals surface area contributed by atoms with Crippen LogP contribution in [0.25, 0.3) is 0 Å². The van der Waals surface area contributed by atoms with Gasteiger partial charge in [-0.25, -0.2) is 0 Å². The third-order valence-electron chi connectivity index (χ3n) is 3.19. The van der Waals surface area contributed by atoms with Crippen molar-refractivity contribution in [3.63, 3.8) is 0 Å². The number of aromatic nitrogens is 2. The summed E-state index contributed by atoms with van der Waals surface area (Å²) in [4.78, 5) is 7.38. The van der Waals surface area contributed by atoms with Crippen LogP contribution in [0.3, 0.4) is 0 Å². The van der Waals surface area contributed by atoms with E-state index >= 15 is 0 Å². The summed E-state index contributed by atoms with van der Waals surface area (Å²) in [5, 5.41) is 11.0. The van der Waals surface area contributed by atoms with Crippen LogP contribution in [-0.2, 0) is 13.0 Å². The standard InChI is InChI=1S/C16H25N5S.HI/c1-4-17-16(18-9-11-21-10-5-8-19-21)20-13(2)12-15-7-6-14(3)22-15;/h5-8,10,13H,4,9,11-12H2,1-3H3,(H2,17,18,20);1H. The quantitative estimate of drug-likeness (QED) is 0.390. The first-order valence-electron chi connectivity index (χ1n) is 7.75. The van der Waals surface area contributed by atoms with E-state index in [2.05, 4.69) is 53.6 Å². The molecule has 1 atom stereocenters. The van der Waals surface area contributed by atoms with Crippen molar-refractivity contribution in [2.75, 3.05) is 13.1 Å². The Bertz CT molecular complexity index is 579. The lowest BCUT2D eigenvalue weighted by atomic mass is 10.2. The molecule has 2 aromatic heterocycles. The highest BCUT2D eigenvalue weighted by Gasteiger charge is 2.07. The number of nitrogens with zero attached hydrogens (tertiary/aromatic N) is 3.